The number of anilines is 1. The molecule has 0 aliphatic heterocycles. The number of nitrogens with one attached hydrogen (secondary N) is 2. The predicted molar refractivity (Wildman–Crippen MR) is 75.1 cm³/mol. The molecule has 1 aromatic rings. The molecule has 0 bridgehead atoms. The molecular weight excluding hydrogens is 268 g/mol. The number of carbonyl (C=O) groups is 1. The molecule has 0 radical (unpaired) electrons. The van der Waals surface area contributed by atoms with Crippen LogP contribution in [0.1, 0.15) is 19.8 Å². The van der Waals surface area contributed by atoms with Crippen molar-refractivity contribution < 1.29 is 4.79 Å². The van der Waals surface area contributed by atoms with Gasteiger partial charge in [0.1, 0.15) is 0 Å². The Morgan fingerprint density at radius 1 is 1.67 bits per heavy atom. The van der Waals surface area contributed by atoms with Crippen LogP contribution in [0, 0.1) is 0 Å². The first-order valence-electron chi connectivity index (χ1n) is 5.84. The van der Waals surface area contributed by atoms with Gasteiger partial charge in [-0.25, -0.2) is 0 Å². The van der Waals surface area contributed by atoms with Crippen LogP contribution >= 0.6 is 23.1 Å². The van der Waals surface area contributed by atoms with Crippen LogP contribution in [-0.2, 0) is 4.79 Å². The Bertz CT molecular complexity index is 430. The summed E-state index contributed by atoms with van der Waals surface area (Å²) < 4.78 is 0.819. The highest BCUT2D eigenvalue weighted by molar-refractivity contribution is 8.02. The van der Waals surface area contributed by atoms with Crippen molar-refractivity contribution in [2.45, 2.75) is 35.4 Å². The van der Waals surface area contributed by atoms with Gasteiger partial charge in [0, 0.05) is 12.6 Å². The van der Waals surface area contributed by atoms with Crippen molar-refractivity contribution in [2.75, 3.05) is 11.9 Å². The topological polar surface area (TPSA) is 66.9 Å². The van der Waals surface area contributed by atoms with Crippen molar-refractivity contribution in [3.63, 3.8) is 0 Å². The first-order valence-corrected chi connectivity index (χ1v) is 7.54. The quantitative estimate of drug-likeness (QED) is 0.591. The van der Waals surface area contributed by atoms with Crippen LogP contribution in [0.5, 0.6) is 0 Å². The minimum absolute atomic E-state index is 0.00759. The zero-order valence-electron chi connectivity index (χ0n) is 10.2. The van der Waals surface area contributed by atoms with Gasteiger partial charge in [0.25, 0.3) is 0 Å². The molecule has 1 fully saturated rings. The molecule has 1 saturated carbocycles. The number of rotatable bonds is 7. The second-order valence-electron chi connectivity index (χ2n) is 4.09. The fourth-order valence-corrected chi connectivity index (χ4v) is 3.24. The Morgan fingerprint density at radius 2 is 2.44 bits per heavy atom. The fourth-order valence-electron chi connectivity index (χ4n) is 1.24. The first kappa shape index (κ1) is 13.4. The number of hydrogen-bond acceptors (Lipinski definition) is 6. The second kappa shape index (κ2) is 6.19. The van der Waals surface area contributed by atoms with Gasteiger partial charge in [-0.2, -0.15) is 0 Å². The fraction of sp³-hybridized carbons (Fsp3) is 0.545. The van der Waals surface area contributed by atoms with E-state index in [0.717, 1.165) is 9.47 Å². The average Bonchev–Trinajstić information content (AvgIpc) is 3.06. The molecule has 2 rings (SSSR count). The Labute approximate surface area is 114 Å². The van der Waals surface area contributed by atoms with E-state index in [1.807, 2.05) is 6.92 Å². The van der Waals surface area contributed by atoms with Gasteiger partial charge in [-0.1, -0.05) is 29.2 Å². The molecule has 1 aliphatic carbocycles. The van der Waals surface area contributed by atoms with Crippen molar-refractivity contribution in [3.05, 3.63) is 12.7 Å². The summed E-state index contributed by atoms with van der Waals surface area (Å²) >= 11 is 2.93. The van der Waals surface area contributed by atoms with Gasteiger partial charge in [-0.05, 0) is 19.8 Å². The number of carbonyl (C=O) groups excluding carboxylic acids is 1. The molecule has 1 heterocycles. The van der Waals surface area contributed by atoms with Crippen molar-refractivity contribution in [1.82, 2.24) is 15.5 Å². The van der Waals surface area contributed by atoms with Crippen LogP contribution in [0.3, 0.4) is 0 Å². The molecule has 1 aliphatic rings. The van der Waals surface area contributed by atoms with Gasteiger partial charge >= 0.3 is 0 Å². The van der Waals surface area contributed by atoms with Crippen LogP contribution in [-0.4, -0.2) is 33.9 Å². The van der Waals surface area contributed by atoms with E-state index < -0.39 is 0 Å². The maximum atomic E-state index is 11.7. The van der Waals surface area contributed by atoms with Gasteiger partial charge in [-0.15, -0.1) is 16.8 Å². The van der Waals surface area contributed by atoms with Crippen LogP contribution in [0.2, 0.25) is 0 Å². The Hall–Kier alpha value is -1.08. The first-order chi connectivity index (χ1) is 8.69. The molecule has 1 atom stereocenters. The summed E-state index contributed by atoms with van der Waals surface area (Å²) in [6.07, 6.45) is 4.09. The van der Waals surface area contributed by atoms with E-state index in [1.165, 1.54) is 35.9 Å². The second-order valence-corrected chi connectivity index (χ2v) is 6.65. The molecule has 0 saturated heterocycles. The molecule has 7 heteroatoms. The molecule has 2 N–H and O–H groups in total. The monoisotopic (exact) mass is 284 g/mol. The van der Waals surface area contributed by atoms with Crippen molar-refractivity contribution >= 4 is 34.1 Å². The maximum absolute atomic E-state index is 11.7. The molecule has 1 aromatic heterocycles. The lowest BCUT2D eigenvalue weighted by Crippen LogP contribution is -2.30. The third-order valence-corrected chi connectivity index (χ3v) is 4.42. The maximum Gasteiger partial charge on any atom is 0.233 e. The van der Waals surface area contributed by atoms with E-state index in [0.29, 0.717) is 12.6 Å². The van der Waals surface area contributed by atoms with Gasteiger partial charge < -0.3 is 10.6 Å². The lowest BCUT2D eigenvalue weighted by molar-refractivity contribution is -0.120. The highest BCUT2D eigenvalue weighted by Crippen LogP contribution is 2.31. The van der Waals surface area contributed by atoms with E-state index in [4.69, 9.17) is 0 Å². The summed E-state index contributed by atoms with van der Waals surface area (Å²) in [5.41, 5.74) is 0. The Balaban J connectivity index is 1.81. The Morgan fingerprint density at radius 3 is 3.11 bits per heavy atom. The van der Waals surface area contributed by atoms with E-state index in [9.17, 15) is 4.79 Å². The molecule has 0 unspecified atom stereocenters. The molecule has 5 nitrogen and oxygen atoms in total. The predicted octanol–water partition coefficient (Wildman–Crippen LogP) is 1.90. The van der Waals surface area contributed by atoms with E-state index in [2.05, 4.69) is 27.4 Å². The molecule has 0 spiro atoms. The molecule has 0 aromatic carbocycles. The highest BCUT2D eigenvalue weighted by Gasteiger charge is 2.23. The average molecular weight is 284 g/mol. The van der Waals surface area contributed by atoms with Crippen molar-refractivity contribution in [2.24, 2.45) is 0 Å². The summed E-state index contributed by atoms with van der Waals surface area (Å²) in [4.78, 5) is 11.7. The Kier molecular flexibility index (Phi) is 4.60. The SMILES string of the molecule is C=CCNC(=O)[C@H](C)Sc1nnc(NC2CC2)s1. The minimum Gasteiger partial charge on any atom is -0.357 e. The number of nitrogens with zero attached hydrogens (tertiary/aromatic N) is 2. The molecule has 98 valence electrons. The van der Waals surface area contributed by atoms with Crippen molar-refractivity contribution in [3.8, 4) is 0 Å². The van der Waals surface area contributed by atoms with E-state index in [-0.39, 0.29) is 11.2 Å². The largest absolute Gasteiger partial charge is 0.357 e. The molecule has 18 heavy (non-hydrogen) atoms. The summed E-state index contributed by atoms with van der Waals surface area (Å²) in [5.74, 6) is -0.00759. The van der Waals surface area contributed by atoms with Crippen LogP contribution in [0.15, 0.2) is 17.0 Å². The lowest BCUT2D eigenvalue weighted by atomic mass is 10.4. The van der Waals surface area contributed by atoms with Crippen LogP contribution in [0.25, 0.3) is 0 Å². The third-order valence-electron chi connectivity index (χ3n) is 2.38. The summed E-state index contributed by atoms with van der Waals surface area (Å²) in [5, 5.41) is 14.9. The zero-order valence-corrected chi connectivity index (χ0v) is 11.8. The number of hydrogen-bond donors (Lipinski definition) is 2. The summed E-state index contributed by atoms with van der Waals surface area (Å²) in [6, 6.07) is 0.573. The third kappa shape index (κ3) is 3.99. The highest BCUT2D eigenvalue weighted by atomic mass is 32.2. The number of thioether (sulfide) groups is 1. The summed E-state index contributed by atoms with van der Waals surface area (Å²) in [7, 11) is 0. The van der Waals surface area contributed by atoms with Gasteiger partial charge in [-0.3, -0.25) is 4.79 Å². The number of amides is 1. The smallest absolute Gasteiger partial charge is 0.233 e. The van der Waals surface area contributed by atoms with Crippen LogP contribution < -0.4 is 10.6 Å². The molecule has 1 amide bonds. The number of aromatic nitrogens is 2. The van der Waals surface area contributed by atoms with Gasteiger partial charge in [0.2, 0.25) is 11.0 Å². The van der Waals surface area contributed by atoms with E-state index in [1.54, 1.807) is 6.08 Å². The molecular formula is C11H16N4OS2. The van der Waals surface area contributed by atoms with Gasteiger partial charge in [0.15, 0.2) is 4.34 Å². The zero-order chi connectivity index (χ0) is 13.0. The van der Waals surface area contributed by atoms with Crippen molar-refractivity contribution in [1.29, 1.82) is 0 Å². The standard InChI is InChI=1S/C11H16N4OS2/c1-3-6-12-9(16)7(2)17-11-15-14-10(18-11)13-8-4-5-8/h3,7-8H,1,4-6H2,2H3,(H,12,16)(H,13,14)/t7-/m0/s1. The summed E-state index contributed by atoms with van der Waals surface area (Å²) in [6.45, 7) is 5.92. The van der Waals surface area contributed by atoms with Crippen LogP contribution in [0.4, 0.5) is 5.13 Å². The van der Waals surface area contributed by atoms with Gasteiger partial charge in [0.05, 0.1) is 5.25 Å². The minimum atomic E-state index is -0.174. The lowest BCUT2D eigenvalue weighted by Gasteiger charge is -2.07. The normalized spacial score (nSPS) is 16.1. The van der Waals surface area contributed by atoms with E-state index >= 15 is 0 Å².